The molecule has 12 aromatic heterocycles. The molecule has 36 nitrogen and oxygen atoms in total. The highest BCUT2D eigenvalue weighted by Crippen LogP contribution is 2.35. The fraction of sp³-hybridized carbons (Fsp3) is 0.221. The van der Waals surface area contributed by atoms with Crippen LogP contribution in [0.1, 0.15) is 66.8 Å². The number of aromatic amines is 4. The van der Waals surface area contributed by atoms with Gasteiger partial charge in [0, 0.05) is 171 Å². The summed E-state index contributed by atoms with van der Waals surface area (Å²) in [4.78, 5) is 124. The van der Waals surface area contributed by atoms with Crippen molar-refractivity contribution in [2.75, 3.05) is 166 Å². The third-order valence-electron chi connectivity index (χ3n) is 21.9. The SMILES string of the molecule is CN(C)C(=O)Nc1cncc(-c2ccc3[nH]nc(C(=O)Nc4ccc(N(C)C)nc4)c3c2)c1.CN(C)c1ccc(NC(=O)c2n[nH]c3ccc(-c4cncc(CN5CCC5)c4)cc23)cn1.CN(C)c1ccc(NC(=O)c2n[nH]c3ccc(-c4cncc(N5CCOCC5)c4)cc23)cn1.CN(C)c1ccc(NC(=O)c2n[nH]c3ccc(-c4cncc(NC(=O)C5CC5)c4)cc23)cn1. The predicted molar refractivity (Wildman–Crippen MR) is 510 cm³/mol. The van der Waals surface area contributed by atoms with Gasteiger partial charge in [0.2, 0.25) is 5.91 Å². The van der Waals surface area contributed by atoms with E-state index in [4.69, 9.17) is 4.74 Å². The predicted octanol–water partition coefficient (Wildman–Crippen LogP) is 13.8. The number of amides is 7. The standard InChI is InChI=1S/C24H25N7O2.C24H23N7O2.C24H25N7O.C23H24N8O2/c1-30(2)22-6-4-18(14-26-22)27-24(32)23-20-12-16(3-5-21(20)28-29-23)17-11-19(15-25-13-17)31-7-9-33-10-8-31;1-31(2)21-8-6-17(13-26-21)27-24(33)22-19-10-15(5-7-20(19)29-30-22)16-9-18(12-25-11-16)28-23(32)14-3-4-14;1-30(2)22-7-5-19(14-26-22)27-24(32)23-20-11-17(4-6-21(20)28-29-23)18-10-16(12-25-13-18)15-31-8-3-9-31;1-30(2)20-8-6-16(13-25-20)26-22(32)21-18-10-14(5-7-19(18)28-29-21)15-9-17(12-24-11-15)27-23(33)31(3)4/h3-6,11-15H,7-10H2,1-2H3,(H,27,32)(H,28,29);5-14H,3-4H2,1-2H3,(H,27,33)(H,28,32)(H,29,30);4-7,10-14H,3,8-9,15H2,1-2H3,(H,27,32)(H,28,29);5-13H,1-4H3,(H,26,32)(H,27,33)(H,28,29). The highest BCUT2D eigenvalue weighted by atomic mass is 16.5. The first kappa shape index (κ1) is 88.0. The van der Waals surface area contributed by atoms with Crippen LogP contribution < -0.4 is 56.4 Å². The molecular formula is C95H97N29O7. The van der Waals surface area contributed by atoms with Gasteiger partial charge in [-0.05, 0) is 181 Å². The fourth-order valence-corrected chi connectivity index (χ4v) is 14.4. The lowest BCUT2D eigenvalue weighted by Gasteiger charge is -2.30. The maximum Gasteiger partial charge on any atom is 0.321 e. The van der Waals surface area contributed by atoms with E-state index >= 15 is 0 Å². The Morgan fingerprint density at radius 3 is 1.02 bits per heavy atom. The number of hydrogen-bond donors (Lipinski definition) is 10. The van der Waals surface area contributed by atoms with E-state index in [2.05, 4.69) is 134 Å². The lowest BCUT2D eigenvalue weighted by Crippen LogP contribution is -2.36. The molecule has 0 radical (unpaired) electrons. The van der Waals surface area contributed by atoms with Crippen molar-refractivity contribution in [3.63, 3.8) is 0 Å². The number of carbonyl (C=O) groups is 6. The summed E-state index contributed by atoms with van der Waals surface area (Å²) >= 11 is 0. The largest absolute Gasteiger partial charge is 0.378 e. The van der Waals surface area contributed by atoms with Crippen LogP contribution in [-0.2, 0) is 16.1 Å². The van der Waals surface area contributed by atoms with E-state index in [0.29, 0.717) is 56.3 Å². The Kier molecular flexibility index (Phi) is 26.6. The number of carbonyl (C=O) groups excluding carboxylic acids is 6. The summed E-state index contributed by atoms with van der Waals surface area (Å²) in [7, 11) is 18.6. The van der Waals surface area contributed by atoms with Crippen LogP contribution in [0.25, 0.3) is 88.1 Å². The zero-order chi connectivity index (χ0) is 91.3. The monoisotopic (exact) mass is 1760 g/mol. The van der Waals surface area contributed by atoms with Crippen LogP contribution >= 0.6 is 0 Å². The normalized spacial score (nSPS) is 12.8. The molecule has 664 valence electrons. The van der Waals surface area contributed by atoms with Gasteiger partial charge < -0.3 is 66.0 Å². The van der Waals surface area contributed by atoms with Gasteiger partial charge in [0.15, 0.2) is 22.8 Å². The lowest BCUT2D eigenvalue weighted by atomic mass is 10.0. The minimum atomic E-state index is -0.345. The zero-order valence-electron chi connectivity index (χ0n) is 73.8. The number of H-pyrrole nitrogens is 4. The van der Waals surface area contributed by atoms with Gasteiger partial charge in [-0.3, -0.25) is 69.2 Å². The summed E-state index contributed by atoms with van der Waals surface area (Å²) in [5.41, 5.74) is 17.5. The van der Waals surface area contributed by atoms with Crippen molar-refractivity contribution in [2.24, 2.45) is 5.92 Å². The summed E-state index contributed by atoms with van der Waals surface area (Å²) in [5, 5.41) is 48.7. The number of anilines is 11. The fourth-order valence-electron chi connectivity index (χ4n) is 14.4. The Morgan fingerprint density at radius 2 is 0.695 bits per heavy atom. The number of likely N-dealkylation sites (tertiary alicyclic amines) is 1. The van der Waals surface area contributed by atoms with E-state index in [1.54, 1.807) is 75.8 Å². The highest BCUT2D eigenvalue weighted by molar-refractivity contribution is 6.15. The first-order valence-corrected chi connectivity index (χ1v) is 42.3. The molecule has 1 aliphatic carbocycles. The molecule has 0 bridgehead atoms. The van der Waals surface area contributed by atoms with Crippen molar-refractivity contribution >= 4 is 142 Å². The van der Waals surface area contributed by atoms with Gasteiger partial charge in [-0.2, -0.15) is 20.4 Å². The molecule has 1 saturated carbocycles. The maximum absolute atomic E-state index is 13.0. The van der Waals surface area contributed by atoms with Crippen LogP contribution in [0.15, 0.2) is 220 Å². The van der Waals surface area contributed by atoms with Crippen molar-refractivity contribution in [3.05, 3.63) is 248 Å². The number of nitrogens with zero attached hydrogens (tertiary/aromatic N) is 19. The third kappa shape index (κ3) is 21.4. The molecule has 7 amide bonds. The van der Waals surface area contributed by atoms with Gasteiger partial charge in [-0.25, -0.2) is 24.7 Å². The highest BCUT2D eigenvalue weighted by Gasteiger charge is 2.30. The molecule has 2 aliphatic heterocycles. The number of urea groups is 1. The summed E-state index contributed by atoms with van der Waals surface area (Å²) in [6, 6.07) is 45.6. The number of aromatic nitrogens is 16. The molecule has 3 aliphatic rings. The van der Waals surface area contributed by atoms with E-state index < -0.39 is 0 Å². The van der Waals surface area contributed by atoms with Crippen LogP contribution in [0, 0.1) is 5.92 Å². The second-order valence-corrected chi connectivity index (χ2v) is 32.6. The van der Waals surface area contributed by atoms with E-state index in [1.165, 1.54) is 16.9 Å². The summed E-state index contributed by atoms with van der Waals surface area (Å²) in [6.07, 6.45) is 23.8. The van der Waals surface area contributed by atoms with Crippen LogP contribution in [0.5, 0.6) is 0 Å². The van der Waals surface area contributed by atoms with Crippen LogP contribution in [0.4, 0.5) is 67.9 Å². The Balaban J connectivity index is 0.000000128. The molecule has 0 atom stereocenters. The van der Waals surface area contributed by atoms with E-state index in [-0.39, 0.29) is 52.9 Å². The van der Waals surface area contributed by atoms with Gasteiger partial charge in [0.1, 0.15) is 23.3 Å². The number of rotatable bonds is 22. The maximum atomic E-state index is 13.0. The van der Waals surface area contributed by atoms with Crippen molar-refractivity contribution in [2.45, 2.75) is 25.8 Å². The minimum absolute atomic E-state index is 0.0336. The molecular weight excluding hydrogens is 1660 g/mol. The average Bonchev–Trinajstić information content (AvgIpc) is 1.68. The molecule has 3 fully saturated rings. The number of ether oxygens (including phenoxy) is 1. The van der Waals surface area contributed by atoms with Gasteiger partial charge >= 0.3 is 6.03 Å². The van der Waals surface area contributed by atoms with Crippen LogP contribution in [0.3, 0.4) is 0 Å². The third-order valence-corrected chi connectivity index (χ3v) is 21.9. The molecule has 36 heteroatoms. The van der Waals surface area contributed by atoms with E-state index in [1.807, 2.05) is 222 Å². The molecule has 19 rings (SSSR count). The minimum Gasteiger partial charge on any atom is -0.378 e. The summed E-state index contributed by atoms with van der Waals surface area (Å²) < 4.78 is 5.45. The van der Waals surface area contributed by atoms with Gasteiger partial charge in [0.25, 0.3) is 23.6 Å². The first-order valence-electron chi connectivity index (χ1n) is 42.3. The van der Waals surface area contributed by atoms with Gasteiger partial charge in [-0.15, -0.1) is 0 Å². The molecule has 14 heterocycles. The lowest BCUT2D eigenvalue weighted by molar-refractivity contribution is -0.117. The van der Waals surface area contributed by atoms with Gasteiger partial charge in [-0.1, -0.05) is 24.3 Å². The van der Waals surface area contributed by atoms with Crippen LogP contribution in [0.2, 0.25) is 0 Å². The molecule has 2 saturated heterocycles. The average molecular weight is 1760 g/mol. The second kappa shape index (κ2) is 39.6. The molecule has 4 aromatic carbocycles. The van der Waals surface area contributed by atoms with E-state index in [9.17, 15) is 28.8 Å². The van der Waals surface area contributed by atoms with Crippen molar-refractivity contribution < 1.29 is 33.5 Å². The molecule has 10 N–H and O–H groups in total. The topological polar surface area (TPSA) is 424 Å². The molecule has 0 unspecified atom stereocenters. The first-order chi connectivity index (χ1) is 63.4. The number of hydrogen-bond acceptors (Lipinski definition) is 25. The van der Waals surface area contributed by atoms with Crippen LogP contribution in [-0.4, -0.2) is 236 Å². The number of benzene rings is 4. The zero-order valence-corrected chi connectivity index (χ0v) is 73.8. The quantitative estimate of drug-likeness (QED) is 0.0301. The van der Waals surface area contributed by atoms with Crippen molar-refractivity contribution in [1.82, 2.24) is 90.5 Å². The summed E-state index contributed by atoms with van der Waals surface area (Å²) in [6.45, 7) is 6.35. The second-order valence-electron chi connectivity index (χ2n) is 32.6. The van der Waals surface area contributed by atoms with Crippen molar-refractivity contribution in [1.29, 1.82) is 0 Å². The molecule has 16 aromatic rings. The Morgan fingerprint density at radius 1 is 0.351 bits per heavy atom. The summed E-state index contributed by atoms with van der Waals surface area (Å²) in [5.74, 6) is 2.13. The Hall–Kier alpha value is -16.5. The molecule has 131 heavy (non-hydrogen) atoms. The van der Waals surface area contributed by atoms with Crippen molar-refractivity contribution in [3.8, 4) is 44.5 Å². The Labute approximate surface area is 753 Å². The number of nitrogens with one attached hydrogen (secondary N) is 10. The smallest absolute Gasteiger partial charge is 0.321 e. The molecule has 0 spiro atoms. The van der Waals surface area contributed by atoms with E-state index in [0.717, 1.165) is 165 Å². The van der Waals surface area contributed by atoms with Gasteiger partial charge in [0.05, 0.1) is 118 Å². The Bertz CT molecular complexity index is 6620. The number of morpholine rings is 1. The number of pyridine rings is 8. The number of fused-ring (bicyclic) bond motifs is 4.